The number of β-amino-alcohol motifs (C(OH)–C–C–N with tert-alkyl or cyclic N) is 1. The van der Waals surface area contributed by atoms with Crippen LogP contribution in [0.4, 0.5) is 15.8 Å². The van der Waals surface area contributed by atoms with Gasteiger partial charge in [0, 0.05) is 12.1 Å². The maximum Gasteiger partial charge on any atom is 0.299 e. The van der Waals surface area contributed by atoms with Gasteiger partial charge in [-0.05, 0) is 23.8 Å². The molecule has 2 aromatic rings. The fourth-order valence-corrected chi connectivity index (χ4v) is 2.55. The Labute approximate surface area is 135 Å². The largest absolute Gasteiger partial charge is 0.387 e. The smallest absolute Gasteiger partial charge is 0.299 e. The monoisotopic (exact) mass is 330 g/mol. The predicted molar refractivity (Wildman–Crippen MR) is 81.1 cm³/mol. The number of aliphatic hydroxyl groups is 1. The minimum atomic E-state index is -1.14. The molecular formula is C16H11FN2O5. The number of nitrogens with zero attached hydrogens (tertiary/aromatic N) is 2. The highest BCUT2D eigenvalue weighted by molar-refractivity contribution is 6.52. The van der Waals surface area contributed by atoms with E-state index in [1.165, 1.54) is 36.4 Å². The standard InChI is InChI=1S/C16H11FN2O5/c17-10-3-1-9(2-4-10)14(20)8-18-13-6-5-11(19(23)24)7-12(13)15(21)16(18)22/h1-7,14,20H,8H2. The van der Waals surface area contributed by atoms with E-state index in [2.05, 4.69) is 0 Å². The maximum atomic E-state index is 12.9. The first-order valence-electron chi connectivity index (χ1n) is 6.96. The number of benzene rings is 2. The Balaban J connectivity index is 1.90. The third kappa shape index (κ3) is 2.63. The van der Waals surface area contributed by atoms with E-state index in [4.69, 9.17) is 0 Å². The molecule has 2 aromatic carbocycles. The van der Waals surface area contributed by atoms with E-state index in [1.807, 2.05) is 0 Å². The Morgan fingerprint density at radius 3 is 2.46 bits per heavy atom. The number of anilines is 1. The number of rotatable bonds is 4. The number of carbonyl (C=O) groups is 2. The summed E-state index contributed by atoms with van der Waals surface area (Å²) < 4.78 is 12.9. The summed E-state index contributed by atoms with van der Waals surface area (Å²) in [5.41, 5.74) is 0.222. The van der Waals surface area contributed by atoms with Crippen LogP contribution in [-0.2, 0) is 4.79 Å². The molecule has 1 aliphatic rings. The number of nitro benzene ring substituents is 1. The molecule has 0 spiro atoms. The molecule has 0 radical (unpaired) electrons. The lowest BCUT2D eigenvalue weighted by molar-refractivity contribution is -0.384. The number of ketones is 1. The summed E-state index contributed by atoms with van der Waals surface area (Å²) in [6.45, 7) is -0.221. The van der Waals surface area contributed by atoms with Crippen molar-refractivity contribution in [2.75, 3.05) is 11.4 Å². The molecular weight excluding hydrogens is 319 g/mol. The van der Waals surface area contributed by atoms with Crippen molar-refractivity contribution in [2.24, 2.45) is 0 Å². The van der Waals surface area contributed by atoms with Gasteiger partial charge in [0.2, 0.25) is 0 Å². The fourth-order valence-electron chi connectivity index (χ4n) is 2.55. The van der Waals surface area contributed by atoms with Gasteiger partial charge in [0.25, 0.3) is 17.4 Å². The van der Waals surface area contributed by atoms with Crippen molar-refractivity contribution < 1.29 is 24.0 Å². The van der Waals surface area contributed by atoms with E-state index >= 15 is 0 Å². The fraction of sp³-hybridized carbons (Fsp3) is 0.125. The molecule has 0 aromatic heterocycles. The van der Waals surface area contributed by atoms with Crippen LogP contribution in [0.2, 0.25) is 0 Å². The molecule has 7 nitrogen and oxygen atoms in total. The van der Waals surface area contributed by atoms with Crippen molar-refractivity contribution >= 4 is 23.1 Å². The van der Waals surface area contributed by atoms with Crippen LogP contribution in [0, 0.1) is 15.9 Å². The average Bonchev–Trinajstić information content (AvgIpc) is 2.80. The molecule has 1 atom stereocenters. The van der Waals surface area contributed by atoms with E-state index in [-0.39, 0.29) is 23.5 Å². The summed E-state index contributed by atoms with van der Waals surface area (Å²) in [5.74, 6) is -2.19. The van der Waals surface area contributed by atoms with Crippen LogP contribution < -0.4 is 4.90 Å². The van der Waals surface area contributed by atoms with Gasteiger partial charge >= 0.3 is 0 Å². The number of nitro groups is 1. The zero-order chi connectivity index (χ0) is 17.4. The molecule has 1 amide bonds. The van der Waals surface area contributed by atoms with Gasteiger partial charge in [0.1, 0.15) is 5.82 Å². The topological polar surface area (TPSA) is 101 Å². The van der Waals surface area contributed by atoms with E-state index < -0.39 is 28.5 Å². The van der Waals surface area contributed by atoms with Gasteiger partial charge in [0.05, 0.1) is 28.8 Å². The van der Waals surface area contributed by atoms with Gasteiger partial charge in [-0.15, -0.1) is 0 Å². The first-order chi connectivity index (χ1) is 11.4. The summed E-state index contributed by atoms with van der Waals surface area (Å²) in [7, 11) is 0. The highest BCUT2D eigenvalue weighted by Gasteiger charge is 2.38. The van der Waals surface area contributed by atoms with Crippen molar-refractivity contribution in [1.29, 1.82) is 0 Å². The number of amides is 1. The van der Waals surface area contributed by atoms with Crippen molar-refractivity contribution in [3.63, 3.8) is 0 Å². The number of aliphatic hydroxyl groups excluding tert-OH is 1. The minimum Gasteiger partial charge on any atom is -0.387 e. The van der Waals surface area contributed by atoms with Crippen molar-refractivity contribution in [3.05, 3.63) is 69.5 Å². The zero-order valence-corrected chi connectivity index (χ0v) is 12.2. The molecule has 8 heteroatoms. The second-order valence-corrected chi connectivity index (χ2v) is 5.27. The Hall–Kier alpha value is -3.13. The van der Waals surface area contributed by atoms with Gasteiger partial charge in [-0.3, -0.25) is 19.7 Å². The van der Waals surface area contributed by atoms with Crippen LogP contribution in [0.15, 0.2) is 42.5 Å². The number of hydrogen-bond donors (Lipinski definition) is 1. The van der Waals surface area contributed by atoms with Crippen LogP contribution in [0.25, 0.3) is 0 Å². The number of halogens is 1. The zero-order valence-electron chi connectivity index (χ0n) is 12.2. The van der Waals surface area contributed by atoms with E-state index in [1.54, 1.807) is 0 Å². The molecule has 1 aliphatic heterocycles. The molecule has 0 saturated carbocycles. The molecule has 122 valence electrons. The molecule has 1 unspecified atom stereocenters. The molecule has 0 fully saturated rings. The molecule has 24 heavy (non-hydrogen) atoms. The summed E-state index contributed by atoms with van der Waals surface area (Å²) >= 11 is 0. The SMILES string of the molecule is O=C1C(=O)N(CC(O)c2ccc(F)cc2)c2ccc([N+](=O)[O-])cc21. The van der Waals surface area contributed by atoms with Gasteiger partial charge in [-0.2, -0.15) is 0 Å². The van der Waals surface area contributed by atoms with Crippen LogP contribution in [0.5, 0.6) is 0 Å². The van der Waals surface area contributed by atoms with Gasteiger partial charge in [0.15, 0.2) is 0 Å². The Morgan fingerprint density at radius 1 is 1.17 bits per heavy atom. The van der Waals surface area contributed by atoms with E-state index in [0.29, 0.717) is 5.56 Å². The lowest BCUT2D eigenvalue weighted by atomic mass is 10.1. The minimum absolute atomic E-state index is 0.0690. The number of hydrogen-bond acceptors (Lipinski definition) is 5. The Kier molecular flexibility index (Phi) is 3.82. The normalized spacial score (nSPS) is 14.7. The summed E-state index contributed by atoms with van der Waals surface area (Å²) in [6.07, 6.45) is -1.14. The molecule has 3 rings (SSSR count). The molecule has 0 bridgehead atoms. The number of non-ortho nitro benzene ring substituents is 1. The predicted octanol–water partition coefficient (Wildman–Crippen LogP) is 2.00. The first kappa shape index (κ1) is 15.8. The average molecular weight is 330 g/mol. The summed E-state index contributed by atoms with van der Waals surface area (Å²) in [4.78, 5) is 35.3. The van der Waals surface area contributed by atoms with Gasteiger partial charge in [-0.1, -0.05) is 12.1 Å². The lowest BCUT2D eigenvalue weighted by Crippen LogP contribution is -2.33. The number of Topliss-reactive ketones (excluding diaryl/α,β-unsaturated/α-hetero) is 1. The molecule has 1 N–H and O–H groups in total. The Morgan fingerprint density at radius 2 is 1.83 bits per heavy atom. The Bertz CT molecular complexity index is 850. The third-order valence-electron chi connectivity index (χ3n) is 3.78. The van der Waals surface area contributed by atoms with Crippen molar-refractivity contribution in [1.82, 2.24) is 0 Å². The highest BCUT2D eigenvalue weighted by atomic mass is 19.1. The van der Waals surface area contributed by atoms with Crippen LogP contribution >= 0.6 is 0 Å². The molecule has 0 aliphatic carbocycles. The second kappa shape index (κ2) is 5.82. The first-order valence-corrected chi connectivity index (χ1v) is 6.96. The second-order valence-electron chi connectivity index (χ2n) is 5.27. The lowest BCUT2D eigenvalue weighted by Gasteiger charge is -2.20. The highest BCUT2D eigenvalue weighted by Crippen LogP contribution is 2.33. The van der Waals surface area contributed by atoms with Crippen molar-refractivity contribution in [2.45, 2.75) is 6.10 Å². The molecule has 1 heterocycles. The van der Waals surface area contributed by atoms with E-state index in [9.17, 15) is 29.2 Å². The number of carbonyl (C=O) groups excluding carboxylic acids is 2. The summed E-state index contributed by atoms with van der Waals surface area (Å²) in [6, 6.07) is 8.62. The van der Waals surface area contributed by atoms with E-state index in [0.717, 1.165) is 11.0 Å². The van der Waals surface area contributed by atoms with Crippen LogP contribution in [-0.4, -0.2) is 28.3 Å². The quantitative estimate of drug-likeness (QED) is 0.525. The van der Waals surface area contributed by atoms with Crippen LogP contribution in [0.3, 0.4) is 0 Å². The third-order valence-corrected chi connectivity index (χ3v) is 3.78. The molecule has 0 saturated heterocycles. The van der Waals surface area contributed by atoms with Crippen molar-refractivity contribution in [3.8, 4) is 0 Å². The van der Waals surface area contributed by atoms with Gasteiger partial charge in [-0.25, -0.2) is 4.39 Å². The maximum absolute atomic E-state index is 12.9. The number of fused-ring (bicyclic) bond motifs is 1. The summed E-state index contributed by atoms with van der Waals surface area (Å²) in [5, 5.41) is 21.0. The van der Waals surface area contributed by atoms with Crippen LogP contribution in [0.1, 0.15) is 22.0 Å². The van der Waals surface area contributed by atoms with Gasteiger partial charge < -0.3 is 10.0 Å².